The maximum absolute atomic E-state index is 8.44. The fourth-order valence-corrected chi connectivity index (χ4v) is 0.840. The SMILES string of the molecule is OC(O)c1cncs1. The van der Waals surface area contributed by atoms with Gasteiger partial charge in [0.25, 0.3) is 0 Å². The molecule has 0 atom stereocenters. The molecule has 0 spiro atoms. The molecule has 1 heterocycles. The maximum Gasteiger partial charge on any atom is 0.189 e. The first-order valence-corrected chi connectivity index (χ1v) is 2.93. The van der Waals surface area contributed by atoms with E-state index in [0.717, 1.165) is 0 Å². The minimum absolute atomic E-state index is 0.477. The van der Waals surface area contributed by atoms with Crippen molar-refractivity contribution in [2.24, 2.45) is 0 Å². The summed E-state index contributed by atoms with van der Waals surface area (Å²) in [6, 6.07) is 0. The first-order valence-electron chi connectivity index (χ1n) is 2.05. The van der Waals surface area contributed by atoms with E-state index in [9.17, 15) is 0 Å². The molecular weight excluding hydrogens is 126 g/mol. The van der Waals surface area contributed by atoms with Gasteiger partial charge in [-0.1, -0.05) is 0 Å². The molecule has 0 aliphatic carbocycles. The summed E-state index contributed by atoms with van der Waals surface area (Å²) in [5.41, 5.74) is 1.55. The largest absolute Gasteiger partial charge is 0.364 e. The molecule has 4 heteroatoms. The van der Waals surface area contributed by atoms with Crippen LogP contribution in [0.25, 0.3) is 0 Å². The lowest BCUT2D eigenvalue weighted by Gasteiger charge is -1.93. The molecule has 8 heavy (non-hydrogen) atoms. The van der Waals surface area contributed by atoms with Crippen LogP contribution < -0.4 is 0 Å². The minimum Gasteiger partial charge on any atom is -0.364 e. The molecule has 2 N–H and O–H groups in total. The van der Waals surface area contributed by atoms with E-state index in [1.54, 1.807) is 5.51 Å². The predicted molar refractivity (Wildman–Crippen MR) is 29.3 cm³/mol. The molecule has 0 amide bonds. The molecule has 3 nitrogen and oxygen atoms in total. The van der Waals surface area contributed by atoms with Crippen molar-refractivity contribution in [3.8, 4) is 0 Å². The average Bonchev–Trinajstić information content (AvgIpc) is 2.12. The third kappa shape index (κ3) is 1.03. The second-order valence-corrected chi connectivity index (χ2v) is 2.20. The van der Waals surface area contributed by atoms with Gasteiger partial charge in [-0.15, -0.1) is 11.3 Å². The summed E-state index contributed by atoms with van der Waals surface area (Å²) in [5, 5.41) is 16.9. The summed E-state index contributed by atoms with van der Waals surface area (Å²) in [6.07, 6.45) is 0.0671. The van der Waals surface area contributed by atoms with E-state index in [-0.39, 0.29) is 0 Å². The van der Waals surface area contributed by atoms with E-state index < -0.39 is 6.29 Å². The maximum atomic E-state index is 8.44. The van der Waals surface area contributed by atoms with Gasteiger partial charge < -0.3 is 10.2 Å². The summed E-state index contributed by atoms with van der Waals surface area (Å²) in [5.74, 6) is 0. The second kappa shape index (κ2) is 2.21. The van der Waals surface area contributed by atoms with Gasteiger partial charge in [0.2, 0.25) is 0 Å². The monoisotopic (exact) mass is 131 g/mol. The van der Waals surface area contributed by atoms with Crippen LogP contribution in [0.2, 0.25) is 0 Å². The number of hydrogen-bond acceptors (Lipinski definition) is 4. The number of aliphatic hydroxyl groups excluding tert-OH is 1. The van der Waals surface area contributed by atoms with Crippen molar-refractivity contribution < 1.29 is 10.2 Å². The van der Waals surface area contributed by atoms with Crippen molar-refractivity contribution in [3.05, 3.63) is 16.6 Å². The van der Waals surface area contributed by atoms with Gasteiger partial charge in [0.15, 0.2) is 6.29 Å². The lowest BCUT2D eigenvalue weighted by Crippen LogP contribution is -1.88. The zero-order valence-electron chi connectivity index (χ0n) is 3.98. The van der Waals surface area contributed by atoms with Crippen LogP contribution in [0.1, 0.15) is 11.2 Å². The van der Waals surface area contributed by atoms with Crippen LogP contribution >= 0.6 is 11.3 Å². The van der Waals surface area contributed by atoms with Crippen molar-refractivity contribution in [2.45, 2.75) is 6.29 Å². The van der Waals surface area contributed by atoms with Crippen LogP contribution in [0.3, 0.4) is 0 Å². The smallest absolute Gasteiger partial charge is 0.189 e. The fourth-order valence-electron chi connectivity index (χ4n) is 0.353. The molecule has 0 aliphatic rings. The highest BCUT2D eigenvalue weighted by Crippen LogP contribution is 2.12. The molecule has 1 aromatic heterocycles. The summed E-state index contributed by atoms with van der Waals surface area (Å²) in [4.78, 5) is 4.12. The van der Waals surface area contributed by atoms with Crippen LogP contribution in [0.5, 0.6) is 0 Å². The fraction of sp³-hybridized carbons (Fsp3) is 0.250. The molecule has 0 aliphatic heterocycles. The lowest BCUT2D eigenvalue weighted by molar-refractivity contribution is -0.0396. The Labute approximate surface area is 50.2 Å². The molecule has 0 aromatic carbocycles. The highest BCUT2D eigenvalue weighted by Gasteiger charge is 2.00. The molecule has 0 unspecified atom stereocenters. The van der Waals surface area contributed by atoms with Gasteiger partial charge in [-0.25, -0.2) is 0 Å². The molecule has 0 saturated heterocycles. The van der Waals surface area contributed by atoms with Gasteiger partial charge >= 0.3 is 0 Å². The highest BCUT2D eigenvalue weighted by atomic mass is 32.1. The number of thiazole rings is 1. The summed E-state index contributed by atoms with van der Waals surface area (Å²) < 4.78 is 0. The van der Waals surface area contributed by atoms with E-state index in [0.29, 0.717) is 4.88 Å². The van der Waals surface area contributed by atoms with E-state index in [2.05, 4.69) is 4.98 Å². The normalized spacial score (nSPS) is 10.4. The Balaban J connectivity index is 2.77. The van der Waals surface area contributed by atoms with Gasteiger partial charge in [0.05, 0.1) is 10.4 Å². The second-order valence-electron chi connectivity index (χ2n) is 1.28. The van der Waals surface area contributed by atoms with Crippen LogP contribution in [0, 0.1) is 0 Å². The van der Waals surface area contributed by atoms with Crippen molar-refractivity contribution in [1.82, 2.24) is 4.98 Å². The van der Waals surface area contributed by atoms with Gasteiger partial charge in [0.1, 0.15) is 0 Å². The molecule has 1 aromatic rings. The van der Waals surface area contributed by atoms with Crippen molar-refractivity contribution in [2.75, 3.05) is 0 Å². The third-order valence-corrected chi connectivity index (χ3v) is 1.52. The third-order valence-electron chi connectivity index (χ3n) is 0.706. The first kappa shape index (κ1) is 5.68. The van der Waals surface area contributed by atoms with Crippen LogP contribution in [0.15, 0.2) is 11.7 Å². The zero-order valence-corrected chi connectivity index (χ0v) is 4.80. The Morgan fingerprint density at radius 3 is 2.62 bits per heavy atom. The lowest BCUT2D eigenvalue weighted by atomic mass is 10.5. The molecule has 1 rings (SSSR count). The molecule has 0 fully saturated rings. The van der Waals surface area contributed by atoms with Crippen molar-refractivity contribution in [3.63, 3.8) is 0 Å². The van der Waals surface area contributed by atoms with Gasteiger partial charge in [-0.2, -0.15) is 0 Å². The molecule has 0 bridgehead atoms. The standard InChI is InChI=1S/C4H5NO2S/c6-4(7)3-1-5-2-8-3/h1-2,4,6-7H. The Morgan fingerprint density at radius 1 is 1.62 bits per heavy atom. The number of rotatable bonds is 1. The quantitative estimate of drug-likeness (QED) is 0.532. The topological polar surface area (TPSA) is 53.4 Å². The van der Waals surface area contributed by atoms with E-state index in [4.69, 9.17) is 10.2 Å². The van der Waals surface area contributed by atoms with Crippen molar-refractivity contribution in [1.29, 1.82) is 0 Å². The Kier molecular flexibility index (Phi) is 1.57. The number of nitrogens with zero attached hydrogens (tertiary/aromatic N) is 1. The van der Waals surface area contributed by atoms with Gasteiger partial charge in [0, 0.05) is 6.20 Å². The molecule has 0 radical (unpaired) electrons. The predicted octanol–water partition coefficient (Wildman–Crippen LogP) is 0.126. The Bertz CT molecular complexity index is 149. The molecule has 44 valence electrons. The summed E-state index contributed by atoms with van der Waals surface area (Å²) in [7, 11) is 0. The van der Waals surface area contributed by atoms with E-state index >= 15 is 0 Å². The number of hydrogen-bond donors (Lipinski definition) is 2. The van der Waals surface area contributed by atoms with E-state index in [1.165, 1.54) is 17.5 Å². The summed E-state index contributed by atoms with van der Waals surface area (Å²) >= 11 is 1.22. The van der Waals surface area contributed by atoms with E-state index in [1.807, 2.05) is 0 Å². The minimum atomic E-state index is -1.36. The summed E-state index contributed by atoms with van der Waals surface area (Å²) in [6.45, 7) is 0. The first-order chi connectivity index (χ1) is 3.80. The molecular formula is C4H5NO2S. The number of aliphatic hydroxyl groups is 2. The zero-order chi connectivity index (χ0) is 5.98. The highest BCUT2D eigenvalue weighted by molar-refractivity contribution is 7.09. The Hall–Kier alpha value is -0.450. The van der Waals surface area contributed by atoms with Crippen LogP contribution in [-0.2, 0) is 0 Å². The van der Waals surface area contributed by atoms with Crippen molar-refractivity contribution >= 4 is 11.3 Å². The molecule has 0 saturated carbocycles. The average molecular weight is 131 g/mol. The van der Waals surface area contributed by atoms with Crippen LogP contribution in [-0.4, -0.2) is 15.2 Å². The van der Waals surface area contributed by atoms with Gasteiger partial charge in [-0.05, 0) is 0 Å². The number of aromatic nitrogens is 1. The van der Waals surface area contributed by atoms with Crippen LogP contribution in [0.4, 0.5) is 0 Å². The Morgan fingerprint density at radius 2 is 2.38 bits per heavy atom. The van der Waals surface area contributed by atoms with Gasteiger partial charge in [-0.3, -0.25) is 4.98 Å².